The van der Waals surface area contributed by atoms with Gasteiger partial charge in [0.2, 0.25) is 5.91 Å². The minimum absolute atomic E-state index is 0.0977. The summed E-state index contributed by atoms with van der Waals surface area (Å²) in [4.78, 5) is 28.0. The molecule has 0 atom stereocenters. The van der Waals surface area contributed by atoms with Gasteiger partial charge in [0.05, 0.1) is 17.7 Å². The number of nitrogens with zero attached hydrogens (tertiary/aromatic N) is 1. The van der Waals surface area contributed by atoms with Gasteiger partial charge < -0.3 is 15.8 Å². The molecule has 2 amide bonds. The van der Waals surface area contributed by atoms with Crippen LogP contribution in [0.3, 0.4) is 0 Å². The van der Waals surface area contributed by atoms with E-state index in [0.717, 1.165) is 36.8 Å². The molecule has 3 N–H and O–H groups in total. The number of rotatable bonds is 6. The lowest BCUT2D eigenvalue weighted by Crippen LogP contribution is -2.49. The van der Waals surface area contributed by atoms with Crippen LogP contribution < -0.4 is 11.1 Å². The zero-order valence-electron chi connectivity index (χ0n) is 14.8. The van der Waals surface area contributed by atoms with Gasteiger partial charge in [-0.3, -0.25) is 14.6 Å². The number of primary amides is 1. The molecule has 0 aliphatic heterocycles. The molecular formula is C20H23N3O3. The van der Waals surface area contributed by atoms with Gasteiger partial charge in [-0.05, 0) is 36.6 Å². The van der Waals surface area contributed by atoms with Crippen LogP contribution in [0.25, 0.3) is 11.1 Å². The fourth-order valence-electron chi connectivity index (χ4n) is 3.49. The standard InChI is InChI=1S/C20H23N3O3/c1-26-13-20(8-2-3-9-20)23-19(25)15-6-4-14(5-7-15)16-10-17(18(21)24)12-22-11-16/h4-7,10-12H,2-3,8-9,13H2,1H3,(H2,21,24)(H,23,25). The third-order valence-electron chi connectivity index (χ3n) is 4.86. The highest BCUT2D eigenvalue weighted by Gasteiger charge is 2.35. The van der Waals surface area contributed by atoms with E-state index in [2.05, 4.69) is 10.3 Å². The Hall–Kier alpha value is -2.73. The Morgan fingerprint density at radius 3 is 2.42 bits per heavy atom. The Kier molecular flexibility index (Phi) is 5.32. The Morgan fingerprint density at radius 1 is 1.12 bits per heavy atom. The van der Waals surface area contributed by atoms with Crippen LogP contribution in [0.5, 0.6) is 0 Å². The molecule has 6 nitrogen and oxygen atoms in total. The molecule has 26 heavy (non-hydrogen) atoms. The number of hydrogen-bond acceptors (Lipinski definition) is 4. The van der Waals surface area contributed by atoms with Crippen LogP contribution in [0.15, 0.2) is 42.7 Å². The highest BCUT2D eigenvalue weighted by Crippen LogP contribution is 2.30. The Bertz CT molecular complexity index is 796. The van der Waals surface area contributed by atoms with Crippen LogP contribution >= 0.6 is 0 Å². The van der Waals surface area contributed by atoms with Crippen LogP contribution in [0.1, 0.15) is 46.4 Å². The number of nitrogens with one attached hydrogen (secondary N) is 1. The van der Waals surface area contributed by atoms with Crippen molar-refractivity contribution in [3.8, 4) is 11.1 Å². The maximum absolute atomic E-state index is 12.6. The molecule has 1 aromatic carbocycles. The maximum atomic E-state index is 12.6. The normalized spacial score (nSPS) is 15.6. The van der Waals surface area contributed by atoms with Crippen molar-refractivity contribution in [3.05, 3.63) is 53.9 Å². The fraction of sp³-hybridized carbons (Fsp3) is 0.350. The number of carbonyl (C=O) groups is 2. The Balaban J connectivity index is 1.76. The summed E-state index contributed by atoms with van der Waals surface area (Å²) in [5.74, 6) is -0.616. The molecule has 3 rings (SSSR count). The first-order valence-corrected chi connectivity index (χ1v) is 8.70. The molecule has 1 fully saturated rings. The number of pyridine rings is 1. The van der Waals surface area contributed by atoms with E-state index in [-0.39, 0.29) is 11.4 Å². The van der Waals surface area contributed by atoms with Crippen molar-refractivity contribution in [2.24, 2.45) is 5.73 Å². The van der Waals surface area contributed by atoms with Gasteiger partial charge in [0.15, 0.2) is 0 Å². The van der Waals surface area contributed by atoms with Crippen molar-refractivity contribution in [2.75, 3.05) is 13.7 Å². The molecule has 2 aromatic rings. The molecule has 1 aromatic heterocycles. The smallest absolute Gasteiger partial charge is 0.251 e. The van der Waals surface area contributed by atoms with Crippen molar-refractivity contribution >= 4 is 11.8 Å². The summed E-state index contributed by atoms with van der Waals surface area (Å²) in [5, 5.41) is 3.16. The Labute approximate surface area is 152 Å². The van der Waals surface area contributed by atoms with E-state index in [9.17, 15) is 9.59 Å². The van der Waals surface area contributed by atoms with E-state index in [0.29, 0.717) is 17.7 Å². The summed E-state index contributed by atoms with van der Waals surface area (Å²) < 4.78 is 5.31. The predicted octanol–water partition coefficient (Wildman–Crippen LogP) is 2.54. The molecule has 0 saturated heterocycles. The van der Waals surface area contributed by atoms with Gasteiger partial charge in [-0.1, -0.05) is 25.0 Å². The molecule has 0 bridgehead atoms. The molecular weight excluding hydrogens is 330 g/mol. The predicted molar refractivity (Wildman–Crippen MR) is 98.7 cm³/mol. The van der Waals surface area contributed by atoms with Crippen LogP contribution in [0, 0.1) is 0 Å². The summed E-state index contributed by atoms with van der Waals surface area (Å²) in [5.41, 5.74) is 7.63. The lowest BCUT2D eigenvalue weighted by molar-refractivity contribution is 0.0767. The zero-order chi connectivity index (χ0) is 18.6. The number of nitrogens with two attached hydrogens (primary N) is 1. The summed E-state index contributed by atoms with van der Waals surface area (Å²) in [6.45, 7) is 0.530. The van der Waals surface area contributed by atoms with E-state index in [1.54, 1.807) is 31.5 Å². The van der Waals surface area contributed by atoms with Crippen molar-refractivity contribution in [1.29, 1.82) is 0 Å². The van der Waals surface area contributed by atoms with E-state index >= 15 is 0 Å². The van der Waals surface area contributed by atoms with Crippen LogP contribution in [0.4, 0.5) is 0 Å². The lowest BCUT2D eigenvalue weighted by Gasteiger charge is -2.29. The zero-order valence-corrected chi connectivity index (χ0v) is 14.8. The largest absolute Gasteiger partial charge is 0.382 e. The van der Waals surface area contributed by atoms with Gasteiger partial charge in [0, 0.05) is 30.6 Å². The number of aromatic nitrogens is 1. The van der Waals surface area contributed by atoms with E-state index < -0.39 is 5.91 Å². The highest BCUT2D eigenvalue weighted by atomic mass is 16.5. The molecule has 1 saturated carbocycles. The summed E-state index contributed by atoms with van der Waals surface area (Å²) in [6.07, 6.45) is 7.18. The average Bonchev–Trinajstić information content (AvgIpc) is 3.10. The van der Waals surface area contributed by atoms with Gasteiger partial charge in [0.25, 0.3) is 5.91 Å². The number of hydrogen-bond donors (Lipinski definition) is 2. The second kappa shape index (κ2) is 7.66. The van der Waals surface area contributed by atoms with Crippen LogP contribution in [0.2, 0.25) is 0 Å². The van der Waals surface area contributed by atoms with Crippen molar-refractivity contribution in [2.45, 2.75) is 31.2 Å². The maximum Gasteiger partial charge on any atom is 0.251 e. The van der Waals surface area contributed by atoms with E-state index in [1.165, 1.54) is 6.20 Å². The lowest BCUT2D eigenvalue weighted by atomic mass is 9.97. The molecule has 0 spiro atoms. The number of ether oxygens (including phenoxy) is 1. The summed E-state index contributed by atoms with van der Waals surface area (Å²) >= 11 is 0. The molecule has 1 aliphatic carbocycles. The number of carbonyl (C=O) groups excluding carboxylic acids is 2. The first kappa shape index (κ1) is 18.1. The second-order valence-electron chi connectivity index (χ2n) is 6.78. The summed E-state index contributed by atoms with van der Waals surface area (Å²) in [6, 6.07) is 8.92. The highest BCUT2D eigenvalue weighted by molar-refractivity contribution is 5.96. The second-order valence-corrected chi connectivity index (χ2v) is 6.78. The van der Waals surface area contributed by atoms with Gasteiger partial charge >= 0.3 is 0 Å². The number of benzene rings is 1. The Morgan fingerprint density at radius 2 is 1.81 bits per heavy atom. The molecule has 0 unspecified atom stereocenters. The molecule has 6 heteroatoms. The quantitative estimate of drug-likeness (QED) is 0.834. The molecule has 136 valence electrons. The minimum atomic E-state index is -0.518. The first-order chi connectivity index (χ1) is 12.5. The monoisotopic (exact) mass is 353 g/mol. The topological polar surface area (TPSA) is 94.3 Å². The third kappa shape index (κ3) is 3.91. The van der Waals surface area contributed by atoms with Crippen LogP contribution in [-0.2, 0) is 4.74 Å². The van der Waals surface area contributed by atoms with Gasteiger partial charge in [0.1, 0.15) is 0 Å². The number of amides is 2. The van der Waals surface area contributed by atoms with Crippen molar-refractivity contribution < 1.29 is 14.3 Å². The fourth-order valence-corrected chi connectivity index (χ4v) is 3.49. The SMILES string of the molecule is COCC1(NC(=O)c2ccc(-c3cncc(C(N)=O)c3)cc2)CCCC1. The molecule has 1 aliphatic rings. The first-order valence-electron chi connectivity index (χ1n) is 8.70. The van der Waals surface area contributed by atoms with Crippen molar-refractivity contribution in [3.63, 3.8) is 0 Å². The van der Waals surface area contributed by atoms with E-state index in [1.807, 2.05) is 12.1 Å². The summed E-state index contributed by atoms with van der Waals surface area (Å²) in [7, 11) is 1.66. The van der Waals surface area contributed by atoms with Gasteiger partial charge in [-0.15, -0.1) is 0 Å². The van der Waals surface area contributed by atoms with Crippen LogP contribution in [-0.4, -0.2) is 36.1 Å². The van der Waals surface area contributed by atoms with Crippen molar-refractivity contribution in [1.82, 2.24) is 10.3 Å². The average molecular weight is 353 g/mol. The molecule has 0 radical (unpaired) electrons. The minimum Gasteiger partial charge on any atom is -0.382 e. The van der Waals surface area contributed by atoms with Gasteiger partial charge in [-0.25, -0.2) is 0 Å². The number of methoxy groups -OCH3 is 1. The van der Waals surface area contributed by atoms with E-state index in [4.69, 9.17) is 10.5 Å². The molecule has 1 heterocycles. The van der Waals surface area contributed by atoms with Gasteiger partial charge in [-0.2, -0.15) is 0 Å². The third-order valence-corrected chi connectivity index (χ3v) is 4.86.